The van der Waals surface area contributed by atoms with Crippen molar-refractivity contribution in [3.63, 3.8) is 0 Å². The van der Waals surface area contributed by atoms with Crippen LogP contribution in [0.2, 0.25) is 0 Å². The summed E-state index contributed by atoms with van der Waals surface area (Å²) in [5, 5.41) is 4.24. The molecule has 0 radical (unpaired) electrons. The number of hydrazone groups is 1. The number of ether oxygens (including phenoxy) is 2. The zero-order chi connectivity index (χ0) is 27.8. The van der Waals surface area contributed by atoms with Gasteiger partial charge >= 0.3 is 0 Å². The van der Waals surface area contributed by atoms with Gasteiger partial charge in [0.15, 0.2) is 0 Å². The summed E-state index contributed by atoms with van der Waals surface area (Å²) >= 11 is 0. The smallest absolute Gasteiger partial charge is 0.273 e. The van der Waals surface area contributed by atoms with Crippen LogP contribution in [-0.2, 0) is 16.6 Å². The van der Waals surface area contributed by atoms with Crippen LogP contribution in [0.15, 0.2) is 113 Å². The standard InChI is InChI=1S/C30H29N3O5S/c1-22(24-13-15-25(37-2)16-14-24)31-32-30(34)28-11-7-8-12-29(28)33(21-23-9-5-4-6-10-23)39(35,36)27-19-17-26(38-3)18-20-27/h4-20H,21H2,1-3H3,(H,32,34)/b31-22+. The average molecular weight is 544 g/mol. The number of anilines is 1. The van der Waals surface area contributed by atoms with E-state index in [0.717, 1.165) is 11.1 Å². The summed E-state index contributed by atoms with van der Waals surface area (Å²) in [6.45, 7) is 1.79. The summed E-state index contributed by atoms with van der Waals surface area (Å²) in [5.41, 5.74) is 5.11. The molecule has 0 spiro atoms. The lowest BCUT2D eigenvalue weighted by Crippen LogP contribution is -2.33. The van der Waals surface area contributed by atoms with E-state index in [1.807, 2.05) is 42.5 Å². The lowest BCUT2D eigenvalue weighted by molar-refractivity contribution is 0.0955. The molecular formula is C30H29N3O5S. The van der Waals surface area contributed by atoms with Crippen LogP contribution in [0.3, 0.4) is 0 Å². The van der Waals surface area contributed by atoms with E-state index in [9.17, 15) is 13.2 Å². The van der Waals surface area contributed by atoms with Crippen molar-refractivity contribution in [2.75, 3.05) is 18.5 Å². The Kier molecular flexibility index (Phi) is 8.63. The van der Waals surface area contributed by atoms with Crippen LogP contribution in [-0.4, -0.2) is 34.3 Å². The van der Waals surface area contributed by atoms with Crippen molar-refractivity contribution in [2.24, 2.45) is 5.10 Å². The Hall–Kier alpha value is -4.63. The van der Waals surface area contributed by atoms with Gasteiger partial charge in [-0.05, 0) is 78.7 Å². The summed E-state index contributed by atoms with van der Waals surface area (Å²) < 4.78 is 39.5. The molecule has 0 aliphatic carbocycles. The highest BCUT2D eigenvalue weighted by molar-refractivity contribution is 7.92. The summed E-state index contributed by atoms with van der Waals surface area (Å²) in [5.74, 6) is 0.705. The molecule has 0 aromatic heterocycles. The molecule has 0 atom stereocenters. The van der Waals surface area contributed by atoms with Crippen molar-refractivity contribution < 1.29 is 22.7 Å². The minimum Gasteiger partial charge on any atom is -0.497 e. The molecule has 0 unspecified atom stereocenters. The summed E-state index contributed by atoms with van der Waals surface area (Å²) in [6, 6.07) is 29.2. The van der Waals surface area contributed by atoms with Gasteiger partial charge in [-0.3, -0.25) is 9.10 Å². The van der Waals surface area contributed by atoms with Gasteiger partial charge in [-0.15, -0.1) is 0 Å². The average Bonchev–Trinajstić information content (AvgIpc) is 2.99. The Morgan fingerprint density at radius 1 is 0.795 bits per heavy atom. The Morgan fingerprint density at radius 3 is 1.97 bits per heavy atom. The fourth-order valence-electron chi connectivity index (χ4n) is 3.90. The molecule has 9 heteroatoms. The predicted molar refractivity (Wildman–Crippen MR) is 152 cm³/mol. The predicted octanol–water partition coefficient (Wildman–Crippen LogP) is 5.25. The van der Waals surface area contributed by atoms with Crippen molar-refractivity contribution >= 4 is 27.3 Å². The molecule has 0 saturated heterocycles. The van der Waals surface area contributed by atoms with Gasteiger partial charge in [0.2, 0.25) is 0 Å². The van der Waals surface area contributed by atoms with Gasteiger partial charge in [-0.1, -0.05) is 42.5 Å². The first kappa shape index (κ1) is 27.4. The number of nitrogens with zero attached hydrogens (tertiary/aromatic N) is 2. The van der Waals surface area contributed by atoms with Crippen LogP contribution in [0.1, 0.15) is 28.4 Å². The molecule has 8 nitrogen and oxygen atoms in total. The third-order valence-electron chi connectivity index (χ3n) is 6.07. The van der Waals surface area contributed by atoms with E-state index >= 15 is 0 Å². The molecule has 0 heterocycles. The van der Waals surface area contributed by atoms with Gasteiger partial charge in [0.05, 0.1) is 42.6 Å². The molecule has 39 heavy (non-hydrogen) atoms. The topological polar surface area (TPSA) is 97.3 Å². The highest BCUT2D eigenvalue weighted by Gasteiger charge is 2.28. The maximum absolute atomic E-state index is 13.9. The number of amides is 1. The number of benzene rings is 4. The highest BCUT2D eigenvalue weighted by Crippen LogP contribution is 2.30. The maximum Gasteiger partial charge on any atom is 0.273 e. The molecule has 0 aliphatic heterocycles. The second-order valence-electron chi connectivity index (χ2n) is 8.56. The molecule has 1 N–H and O–H groups in total. The molecule has 4 aromatic carbocycles. The van der Waals surface area contributed by atoms with Gasteiger partial charge < -0.3 is 9.47 Å². The number of methoxy groups -OCH3 is 2. The van der Waals surface area contributed by atoms with E-state index in [-0.39, 0.29) is 22.7 Å². The summed E-state index contributed by atoms with van der Waals surface area (Å²) in [4.78, 5) is 13.4. The lowest BCUT2D eigenvalue weighted by atomic mass is 10.1. The van der Waals surface area contributed by atoms with Gasteiger partial charge in [-0.2, -0.15) is 5.10 Å². The SMILES string of the molecule is COc1ccc(/C(C)=N/NC(=O)c2ccccc2N(Cc2ccccc2)S(=O)(=O)c2ccc(OC)cc2)cc1. The van der Waals surface area contributed by atoms with Crippen LogP contribution < -0.4 is 19.2 Å². The van der Waals surface area contributed by atoms with E-state index in [0.29, 0.717) is 17.2 Å². The first-order valence-electron chi connectivity index (χ1n) is 12.1. The van der Waals surface area contributed by atoms with Crippen LogP contribution in [0.4, 0.5) is 5.69 Å². The largest absolute Gasteiger partial charge is 0.497 e. The number of sulfonamides is 1. The van der Waals surface area contributed by atoms with Crippen molar-refractivity contribution in [2.45, 2.75) is 18.4 Å². The summed E-state index contributed by atoms with van der Waals surface area (Å²) in [6.07, 6.45) is 0. The molecule has 200 valence electrons. The zero-order valence-corrected chi connectivity index (χ0v) is 22.7. The van der Waals surface area contributed by atoms with Gasteiger partial charge in [0.1, 0.15) is 11.5 Å². The summed E-state index contributed by atoms with van der Waals surface area (Å²) in [7, 11) is -0.964. The third-order valence-corrected chi connectivity index (χ3v) is 7.84. The second kappa shape index (κ2) is 12.3. The second-order valence-corrected chi connectivity index (χ2v) is 10.4. The molecular weight excluding hydrogens is 514 g/mol. The molecule has 0 fully saturated rings. The van der Waals surface area contributed by atoms with E-state index in [2.05, 4.69) is 10.5 Å². The fraction of sp³-hybridized carbons (Fsp3) is 0.133. The van der Waals surface area contributed by atoms with Crippen LogP contribution in [0.5, 0.6) is 11.5 Å². The van der Waals surface area contributed by atoms with E-state index < -0.39 is 15.9 Å². The van der Waals surface area contributed by atoms with Gasteiger partial charge in [-0.25, -0.2) is 13.8 Å². The number of para-hydroxylation sites is 1. The quantitative estimate of drug-likeness (QED) is 0.218. The molecule has 0 aliphatic rings. The Bertz CT molecular complexity index is 1550. The van der Waals surface area contributed by atoms with E-state index in [1.165, 1.54) is 23.5 Å². The minimum atomic E-state index is -4.06. The van der Waals surface area contributed by atoms with Crippen molar-refractivity contribution in [3.05, 3.63) is 120 Å². The van der Waals surface area contributed by atoms with E-state index in [1.54, 1.807) is 62.6 Å². The first-order chi connectivity index (χ1) is 18.8. The van der Waals surface area contributed by atoms with Crippen LogP contribution >= 0.6 is 0 Å². The van der Waals surface area contributed by atoms with Crippen LogP contribution in [0, 0.1) is 0 Å². The number of hydrogen-bond acceptors (Lipinski definition) is 6. The number of nitrogens with one attached hydrogen (secondary N) is 1. The Labute approximate surface area is 228 Å². The zero-order valence-electron chi connectivity index (χ0n) is 21.9. The third kappa shape index (κ3) is 6.45. The molecule has 0 bridgehead atoms. The lowest BCUT2D eigenvalue weighted by Gasteiger charge is -2.26. The molecule has 1 amide bonds. The molecule has 4 rings (SSSR count). The highest BCUT2D eigenvalue weighted by atomic mass is 32.2. The van der Waals surface area contributed by atoms with Crippen molar-refractivity contribution in [1.29, 1.82) is 0 Å². The Morgan fingerprint density at radius 2 is 1.36 bits per heavy atom. The number of rotatable bonds is 10. The van der Waals surface area contributed by atoms with Gasteiger partial charge in [0.25, 0.3) is 15.9 Å². The van der Waals surface area contributed by atoms with Gasteiger partial charge in [0, 0.05) is 0 Å². The number of hydrogen-bond donors (Lipinski definition) is 1. The van der Waals surface area contributed by atoms with Crippen LogP contribution in [0.25, 0.3) is 0 Å². The minimum absolute atomic E-state index is 0.0215. The number of carbonyl (C=O) groups is 1. The maximum atomic E-state index is 13.9. The number of carbonyl (C=O) groups excluding carboxylic acids is 1. The van der Waals surface area contributed by atoms with Crippen molar-refractivity contribution in [3.8, 4) is 11.5 Å². The fourth-order valence-corrected chi connectivity index (χ4v) is 5.37. The van der Waals surface area contributed by atoms with Crippen molar-refractivity contribution in [1.82, 2.24) is 5.43 Å². The Balaban J connectivity index is 1.70. The monoisotopic (exact) mass is 543 g/mol. The normalized spacial score (nSPS) is 11.5. The van der Waals surface area contributed by atoms with E-state index in [4.69, 9.17) is 9.47 Å². The molecule has 4 aromatic rings. The first-order valence-corrected chi connectivity index (χ1v) is 13.6. The molecule has 0 saturated carbocycles.